The number of carbonyl (C=O) groups excluding carboxylic acids is 1. The van der Waals surface area contributed by atoms with Crippen molar-refractivity contribution >= 4 is 63.2 Å². The summed E-state index contributed by atoms with van der Waals surface area (Å²) in [6.45, 7) is 6.50. The van der Waals surface area contributed by atoms with Crippen LogP contribution in [0.3, 0.4) is 0 Å². The van der Waals surface area contributed by atoms with Crippen LogP contribution in [0.5, 0.6) is 11.5 Å². The fraction of sp³-hybridized carbons (Fsp3) is 0.405. The topological polar surface area (TPSA) is 195 Å². The number of nitrogens with two attached hydrogens (primary N) is 2. The number of hydrazine groups is 1. The molecule has 5 aromatic rings. The highest BCUT2D eigenvalue weighted by atomic mass is 35.5. The first kappa shape index (κ1) is 44.1. The molecule has 326 valence electrons. The van der Waals surface area contributed by atoms with Crippen molar-refractivity contribution < 1.29 is 42.4 Å². The molecule has 1 amide bonds. The molecule has 1 saturated carbocycles. The average Bonchev–Trinajstić information content (AvgIpc) is 3.87. The lowest BCUT2D eigenvalue weighted by Gasteiger charge is -2.28. The summed E-state index contributed by atoms with van der Waals surface area (Å²) in [5, 5.41) is 29.4. The Labute approximate surface area is 359 Å². The van der Waals surface area contributed by atoms with Crippen molar-refractivity contribution in [2.75, 3.05) is 53.5 Å². The van der Waals surface area contributed by atoms with Crippen LogP contribution in [0.4, 0.5) is 36.2 Å². The minimum Gasteiger partial charge on any atom is -0.395 e. The van der Waals surface area contributed by atoms with E-state index in [-0.39, 0.29) is 42.6 Å². The molecule has 1 atom stereocenters. The lowest BCUT2D eigenvalue weighted by Crippen LogP contribution is -2.32. The van der Waals surface area contributed by atoms with Gasteiger partial charge in [0, 0.05) is 39.9 Å². The standard InChI is InChI=1S/C42H48ClF3N8O6S/c1-4-15-61-39-51-36(35(47)37(52-39)54(48)20-24-5-8-27(43)9-6-24)49-13-14-58-23-40(2,3)34-17-25-16-30(29(44)19-31(25)53(34)21-28(56)22-55)50-38(57)41(11-12-41)26-7-10-32-33(18-26)60-42(45,46)59-32/h5-10,16-19,28,55-56H,4,11-15,20-23,47-48H2,1-3H3,(H,50,57)(H,49,51,52). The van der Waals surface area contributed by atoms with E-state index in [0.29, 0.717) is 69.9 Å². The second-order valence-electron chi connectivity index (χ2n) is 15.8. The highest BCUT2D eigenvalue weighted by Crippen LogP contribution is 2.52. The van der Waals surface area contributed by atoms with Crippen LogP contribution in [0.2, 0.25) is 5.02 Å². The zero-order chi connectivity index (χ0) is 43.7. The zero-order valence-corrected chi connectivity index (χ0v) is 35.4. The van der Waals surface area contributed by atoms with E-state index in [4.69, 9.17) is 27.9 Å². The lowest BCUT2D eigenvalue weighted by atomic mass is 9.90. The number of amides is 1. The van der Waals surface area contributed by atoms with Gasteiger partial charge in [-0.2, -0.15) is 0 Å². The van der Waals surface area contributed by atoms with Gasteiger partial charge in [0.05, 0.1) is 55.6 Å². The number of carbonyl (C=O) groups is 1. The minimum atomic E-state index is -3.80. The van der Waals surface area contributed by atoms with Gasteiger partial charge in [0.1, 0.15) is 11.5 Å². The SMILES string of the molecule is CCCSc1nc(NCCOCC(C)(C)c2cc3cc(NC(=O)C4(c5ccc6c(c5)OC(F)(F)O6)CC4)c(F)cc3n2CC(O)CO)c(N)c(N(N)Cc2ccc(Cl)cc2)n1. The number of thioether (sulfide) groups is 1. The van der Waals surface area contributed by atoms with Crippen molar-refractivity contribution in [3.05, 3.63) is 88.3 Å². The molecule has 61 heavy (non-hydrogen) atoms. The molecule has 1 fully saturated rings. The smallest absolute Gasteiger partial charge is 0.395 e. The third-order valence-corrected chi connectivity index (χ3v) is 11.9. The Morgan fingerprint density at radius 2 is 1.85 bits per heavy atom. The number of nitrogens with zero attached hydrogens (tertiary/aromatic N) is 4. The van der Waals surface area contributed by atoms with Gasteiger partial charge in [-0.1, -0.05) is 62.3 Å². The number of aliphatic hydroxyl groups excluding tert-OH is 2. The number of ether oxygens (including phenoxy) is 3. The molecule has 7 rings (SSSR count). The van der Waals surface area contributed by atoms with Crippen molar-refractivity contribution in [2.45, 2.75) is 81.5 Å². The second kappa shape index (κ2) is 17.8. The maximum atomic E-state index is 15.9. The predicted molar refractivity (Wildman–Crippen MR) is 229 cm³/mol. The van der Waals surface area contributed by atoms with Crippen molar-refractivity contribution in [2.24, 2.45) is 5.84 Å². The van der Waals surface area contributed by atoms with E-state index >= 15 is 4.39 Å². The number of hydrogen-bond donors (Lipinski definition) is 6. The Bertz CT molecular complexity index is 2400. The van der Waals surface area contributed by atoms with Crippen LogP contribution in [0.25, 0.3) is 10.9 Å². The number of anilines is 4. The van der Waals surface area contributed by atoms with Crippen LogP contribution in [0, 0.1) is 5.82 Å². The highest BCUT2D eigenvalue weighted by molar-refractivity contribution is 7.99. The van der Waals surface area contributed by atoms with Crippen LogP contribution in [-0.2, 0) is 33.5 Å². The molecule has 2 aromatic heterocycles. The first-order chi connectivity index (χ1) is 29.0. The quantitative estimate of drug-likeness (QED) is 0.0164. The molecule has 14 nitrogen and oxygen atoms in total. The number of halogens is 4. The van der Waals surface area contributed by atoms with Crippen LogP contribution in [-0.4, -0.2) is 75.2 Å². The van der Waals surface area contributed by atoms with Crippen molar-refractivity contribution in [1.29, 1.82) is 0 Å². The normalized spacial score (nSPS) is 15.5. The van der Waals surface area contributed by atoms with E-state index in [1.165, 1.54) is 47.1 Å². The van der Waals surface area contributed by atoms with Crippen LogP contribution >= 0.6 is 23.4 Å². The van der Waals surface area contributed by atoms with E-state index in [1.807, 2.05) is 32.0 Å². The number of rotatable bonds is 19. The molecule has 0 saturated heterocycles. The Morgan fingerprint density at radius 3 is 2.56 bits per heavy atom. The molecule has 0 bridgehead atoms. The third-order valence-electron chi connectivity index (χ3n) is 10.6. The second-order valence-corrected chi connectivity index (χ2v) is 17.3. The molecule has 19 heteroatoms. The molecular weight excluding hydrogens is 837 g/mol. The van der Waals surface area contributed by atoms with Crippen molar-refractivity contribution in [1.82, 2.24) is 14.5 Å². The Kier molecular flexibility index (Phi) is 12.9. The van der Waals surface area contributed by atoms with Gasteiger partial charge in [-0.05, 0) is 66.8 Å². The molecule has 8 N–H and O–H groups in total. The predicted octanol–water partition coefficient (Wildman–Crippen LogP) is 6.94. The Balaban J connectivity index is 1.04. The number of nitrogen functional groups attached to an aromatic ring is 1. The number of fused-ring (bicyclic) bond motifs is 2. The Morgan fingerprint density at radius 1 is 1.11 bits per heavy atom. The summed E-state index contributed by atoms with van der Waals surface area (Å²) in [7, 11) is 0. The van der Waals surface area contributed by atoms with Crippen molar-refractivity contribution in [3.63, 3.8) is 0 Å². The summed E-state index contributed by atoms with van der Waals surface area (Å²) < 4.78 is 60.2. The van der Waals surface area contributed by atoms with Gasteiger partial charge in [0.25, 0.3) is 0 Å². The molecule has 1 unspecified atom stereocenters. The maximum Gasteiger partial charge on any atom is 0.586 e. The van der Waals surface area contributed by atoms with Gasteiger partial charge in [-0.3, -0.25) is 9.80 Å². The summed E-state index contributed by atoms with van der Waals surface area (Å²) in [5.41, 5.74) is 7.47. The molecule has 2 aliphatic rings. The van der Waals surface area contributed by atoms with Gasteiger partial charge in [0.2, 0.25) is 5.91 Å². The maximum absolute atomic E-state index is 15.9. The summed E-state index contributed by atoms with van der Waals surface area (Å²) in [6, 6.07) is 16.1. The van der Waals surface area contributed by atoms with E-state index in [0.717, 1.165) is 17.7 Å². The lowest BCUT2D eigenvalue weighted by molar-refractivity contribution is -0.286. The summed E-state index contributed by atoms with van der Waals surface area (Å²) in [5.74, 6) is 6.51. The molecular formula is C42H48ClF3N8O6S. The van der Waals surface area contributed by atoms with E-state index in [2.05, 4.69) is 37.0 Å². The fourth-order valence-corrected chi connectivity index (χ4v) is 8.04. The van der Waals surface area contributed by atoms with Gasteiger partial charge in [-0.25, -0.2) is 20.2 Å². The Hall–Kier alpha value is -4.98. The number of nitrogens with one attached hydrogen (secondary N) is 2. The summed E-state index contributed by atoms with van der Waals surface area (Å²) in [4.78, 5) is 23.0. The molecule has 0 radical (unpaired) electrons. The van der Waals surface area contributed by atoms with Gasteiger partial charge in [-0.15, -0.1) is 8.78 Å². The first-order valence-electron chi connectivity index (χ1n) is 19.7. The van der Waals surface area contributed by atoms with E-state index in [1.54, 1.807) is 16.7 Å². The number of hydrogen-bond acceptors (Lipinski definition) is 13. The molecule has 1 aliphatic heterocycles. The summed E-state index contributed by atoms with van der Waals surface area (Å²) in [6.07, 6.45) is -3.19. The monoisotopic (exact) mass is 884 g/mol. The van der Waals surface area contributed by atoms with Crippen LogP contribution in [0.1, 0.15) is 56.9 Å². The number of aliphatic hydroxyl groups is 2. The van der Waals surface area contributed by atoms with E-state index in [9.17, 15) is 23.8 Å². The molecule has 3 heterocycles. The van der Waals surface area contributed by atoms with Crippen LogP contribution < -0.4 is 36.7 Å². The third kappa shape index (κ3) is 9.74. The molecule has 1 aliphatic carbocycles. The minimum absolute atomic E-state index is 0.0401. The van der Waals surface area contributed by atoms with Crippen molar-refractivity contribution in [3.8, 4) is 11.5 Å². The average molecular weight is 885 g/mol. The van der Waals surface area contributed by atoms with Gasteiger partial charge < -0.3 is 45.4 Å². The fourth-order valence-electron chi connectivity index (χ4n) is 7.22. The highest BCUT2D eigenvalue weighted by Gasteiger charge is 2.53. The number of alkyl halides is 2. The van der Waals surface area contributed by atoms with E-state index < -0.39 is 41.6 Å². The van der Waals surface area contributed by atoms with Crippen LogP contribution in [0.15, 0.2) is 65.8 Å². The number of benzene rings is 3. The molecule has 0 spiro atoms. The summed E-state index contributed by atoms with van der Waals surface area (Å²) >= 11 is 7.54. The number of aromatic nitrogens is 3. The van der Waals surface area contributed by atoms with Gasteiger partial charge >= 0.3 is 6.29 Å². The molecule has 3 aromatic carbocycles. The zero-order valence-electron chi connectivity index (χ0n) is 33.8. The van der Waals surface area contributed by atoms with Gasteiger partial charge in [0.15, 0.2) is 28.3 Å². The largest absolute Gasteiger partial charge is 0.586 e. The first-order valence-corrected chi connectivity index (χ1v) is 21.1.